The summed E-state index contributed by atoms with van der Waals surface area (Å²) in [6.45, 7) is 0.0288. The topological polar surface area (TPSA) is 55.8 Å². The molecular formula is C11H10ClFO4. The molecule has 92 valence electrons. The molecule has 6 heteroatoms. The van der Waals surface area contributed by atoms with Crippen LogP contribution in [0, 0.1) is 5.82 Å². The Morgan fingerprint density at radius 2 is 2.29 bits per heavy atom. The average molecular weight is 261 g/mol. The minimum absolute atomic E-state index is 0.0262. The van der Waals surface area contributed by atoms with Gasteiger partial charge in [-0.05, 0) is 12.8 Å². The highest BCUT2D eigenvalue weighted by atomic mass is 35.5. The van der Waals surface area contributed by atoms with Crippen molar-refractivity contribution in [2.24, 2.45) is 0 Å². The fourth-order valence-corrected chi connectivity index (χ4v) is 1.91. The summed E-state index contributed by atoms with van der Waals surface area (Å²) in [5.74, 6) is -0.749. The molecule has 2 rings (SSSR count). The van der Waals surface area contributed by atoms with Gasteiger partial charge in [-0.15, -0.1) is 0 Å². The number of hydrogen-bond donors (Lipinski definition) is 1. The summed E-state index contributed by atoms with van der Waals surface area (Å²) >= 11 is 5.71. The van der Waals surface area contributed by atoms with E-state index in [1.54, 1.807) is 0 Å². The Morgan fingerprint density at radius 3 is 3.00 bits per heavy atom. The van der Waals surface area contributed by atoms with E-state index in [4.69, 9.17) is 26.2 Å². The molecule has 0 radical (unpaired) electrons. The first-order valence-electron chi connectivity index (χ1n) is 5.08. The van der Waals surface area contributed by atoms with Crippen molar-refractivity contribution in [3.63, 3.8) is 0 Å². The standard InChI is InChI=1S/C11H10ClFO4/c12-7-4-8-11(17-5-16-8)6(10(7)13)2-1-3-9(14)15/h4H,1-3,5H2,(H,14,15). The second kappa shape index (κ2) is 4.79. The number of fused-ring (bicyclic) bond motifs is 1. The van der Waals surface area contributed by atoms with Crippen LogP contribution >= 0.6 is 11.6 Å². The first kappa shape index (κ1) is 12.0. The predicted molar refractivity (Wildman–Crippen MR) is 58.1 cm³/mol. The summed E-state index contributed by atoms with van der Waals surface area (Å²) in [6.07, 6.45) is 0.550. The highest BCUT2D eigenvalue weighted by Crippen LogP contribution is 2.41. The fourth-order valence-electron chi connectivity index (χ4n) is 1.69. The van der Waals surface area contributed by atoms with Gasteiger partial charge in [-0.3, -0.25) is 4.79 Å². The number of rotatable bonds is 4. The summed E-state index contributed by atoms with van der Waals surface area (Å²) in [5, 5.41) is 8.49. The molecule has 0 saturated carbocycles. The molecule has 1 heterocycles. The number of aliphatic carboxylic acids is 1. The smallest absolute Gasteiger partial charge is 0.303 e. The molecule has 0 fully saturated rings. The van der Waals surface area contributed by atoms with Crippen molar-refractivity contribution in [1.29, 1.82) is 0 Å². The van der Waals surface area contributed by atoms with Gasteiger partial charge in [0.05, 0.1) is 5.02 Å². The van der Waals surface area contributed by atoms with Crippen LogP contribution in [0.5, 0.6) is 11.5 Å². The first-order valence-corrected chi connectivity index (χ1v) is 5.45. The summed E-state index contributed by atoms with van der Waals surface area (Å²) in [4.78, 5) is 10.4. The zero-order chi connectivity index (χ0) is 12.4. The van der Waals surface area contributed by atoms with Gasteiger partial charge in [0.2, 0.25) is 6.79 Å². The van der Waals surface area contributed by atoms with Gasteiger partial charge in [-0.1, -0.05) is 11.6 Å². The van der Waals surface area contributed by atoms with Gasteiger partial charge in [0.15, 0.2) is 11.5 Å². The maximum Gasteiger partial charge on any atom is 0.303 e. The Balaban J connectivity index is 2.23. The van der Waals surface area contributed by atoms with Crippen LogP contribution in [0.25, 0.3) is 0 Å². The van der Waals surface area contributed by atoms with Crippen molar-refractivity contribution in [3.8, 4) is 11.5 Å². The summed E-state index contributed by atoms with van der Waals surface area (Å²) in [5.41, 5.74) is 0.284. The van der Waals surface area contributed by atoms with Gasteiger partial charge >= 0.3 is 5.97 Å². The maximum absolute atomic E-state index is 13.8. The molecule has 0 aliphatic carbocycles. The molecule has 1 aromatic rings. The second-order valence-corrected chi connectivity index (χ2v) is 4.04. The van der Waals surface area contributed by atoms with Gasteiger partial charge in [0.1, 0.15) is 5.82 Å². The SMILES string of the molecule is O=C(O)CCCc1c(F)c(Cl)cc2c1OCO2. The van der Waals surface area contributed by atoms with Crippen LogP contribution in [-0.4, -0.2) is 17.9 Å². The Kier molecular flexibility index (Phi) is 3.38. The van der Waals surface area contributed by atoms with E-state index in [1.807, 2.05) is 0 Å². The molecule has 4 nitrogen and oxygen atoms in total. The number of hydrogen-bond acceptors (Lipinski definition) is 3. The zero-order valence-electron chi connectivity index (χ0n) is 8.83. The molecular weight excluding hydrogens is 251 g/mol. The van der Waals surface area contributed by atoms with Gasteiger partial charge in [0.25, 0.3) is 0 Å². The van der Waals surface area contributed by atoms with E-state index >= 15 is 0 Å². The van der Waals surface area contributed by atoms with Crippen molar-refractivity contribution in [2.75, 3.05) is 6.79 Å². The van der Waals surface area contributed by atoms with Crippen molar-refractivity contribution >= 4 is 17.6 Å². The van der Waals surface area contributed by atoms with Gasteiger partial charge < -0.3 is 14.6 Å². The minimum atomic E-state index is -0.916. The number of benzene rings is 1. The first-order chi connectivity index (χ1) is 8.09. The van der Waals surface area contributed by atoms with E-state index in [0.29, 0.717) is 17.9 Å². The van der Waals surface area contributed by atoms with E-state index in [0.717, 1.165) is 0 Å². The monoisotopic (exact) mass is 260 g/mol. The van der Waals surface area contributed by atoms with Crippen LogP contribution < -0.4 is 9.47 Å². The molecule has 1 aliphatic heterocycles. The van der Waals surface area contributed by atoms with Crippen LogP contribution in [0.1, 0.15) is 18.4 Å². The van der Waals surface area contributed by atoms with Gasteiger partial charge in [-0.25, -0.2) is 4.39 Å². The van der Waals surface area contributed by atoms with Crippen molar-refractivity contribution in [2.45, 2.75) is 19.3 Å². The van der Waals surface area contributed by atoms with Gasteiger partial charge in [-0.2, -0.15) is 0 Å². The molecule has 0 bridgehead atoms. The molecule has 17 heavy (non-hydrogen) atoms. The molecule has 0 spiro atoms. The van der Waals surface area contributed by atoms with E-state index in [9.17, 15) is 9.18 Å². The highest BCUT2D eigenvalue weighted by molar-refractivity contribution is 6.31. The number of carboxylic acids is 1. The molecule has 0 aromatic heterocycles. The van der Waals surface area contributed by atoms with E-state index in [2.05, 4.69) is 0 Å². The molecule has 0 atom stereocenters. The Labute approximate surface area is 102 Å². The Morgan fingerprint density at radius 1 is 1.53 bits per heavy atom. The molecule has 1 N–H and O–H groups in total. The zero-order valence-corrected chi connectivity index (χ0v) is 9.59. The predicted octanol–water partition coefficient (Wildman–Crippen LogP) is 2.62. The third-order valence-corrected chi connectivity index (χ3v) is 2.74. The molecule has 0 amide bonds. The van der Waals surface area contributed by atoms with Crippen LogP contribution in [0.15, 0.2) is 6.07 Å². The number of halogens is 2. The van der Waals surface area contributed by atoms with Crippen LogP contribution in [0.2, 0.25) is 5.02 Å². The maximum atomic E-state index is 13.8. The number of ether oxygens (including phenoxy) is 2. The molecule has 0 saturated heterocycles. The van der Waals surface area contributed by atoms with Gasteiger partial charge in [0, 0.05) is 18.1 Å². The van der Waals surface area contributed by atoms with Crippen molar-refractivity contribution < 1.29 is 23.8 Å². The van der Waals surface area contributed by atoms with E-state index < -0.39 is 11.8 Å². The normalized spacial score (nSPS) is 12.8. The third-order valence-electron chi connectivity index (χ3n) is 2.47. The lowest BCUT2D eigenvalue weighted by atomic mass is 10.1. The summed E-state index contributed by atoms with van der Waals surface area (Å²) in [7, 11) is 0. The van der Waals surface area contributed by atoms with Crippen LogP contribution in [0.4, 0.5) is 4.39 Å². The fraction of sp³-hybridized carbons (Fsp3) is 0.364. The molecule has 1 aromatic carbocycles. The lowest BCUT2D eigenvalue weighted by molar-refractivity contribution is -0.137. The molecule has 0 unspecified atom stereocenters. The quantitative estimate of drug-likeness (QED) is 0.904. The minimum Gasteiger partial charge on any atom is -0.481 e. The van der Waals surface area contributed by atoms with Crippen molar-refractivity contribution in [1.82, 2.24) is 0 Å². The molecule has 1 aliphatic rings. The summed E-state index contributed by atoms with van der Waals surface area (Å²) in [6, 6.07) is 1.36. The highest BCUT2D eigenvalue weighted by Gasteiger charge is 2.23. The Bertz CT molecular complexity index is 461. The van der Waals surface area contributed by atoms with Crippen LogP contribution in [-0.2, 0) is 11.2 Å². The lowest BCUT2D eigenvalue weighted by Gasteiger charge is -2.08. The van der Waals surface area contributed by atoms with E-state index in [1.165, 1.54) is 6.07 Å². The van der Waals surface area contributed by atoms with Crippen LogP contribution in [0.3, 0.4) is 0 Å². The van der Waals surface area contributed by atoms with E-state index in [-0.39, 0.29) is 30.2 Å². The largest absolute Gasteiger partial charge is 0.481 e. The second-order valence-electron chi connectivity index (χ2n) is 3.63. The Hall–Kier alpha value is -1.49. The van der Waals surface area contributed by atoms with Crippen molar-refractivity contribution in [3.05, 3.63) is 22.5 Å². The number of carbonyl (C=O) groups is 1. The summed E-state index contributed by atoms with van der Waals surface area (Å²) < 4.78 is 24.0. The third kappa shape index (κ3) is 2.44. The lowest BCUT2D eigenvalue weighted by Crippen LogP contribution is -2.00. The average Bonchev–Trinajstić information content (AvgIpc) is 2.70. The number of carboxylic acid groups (broad SMARTS) is 1.